The van der Waals surface area contributed by atoms with Gasteiger partial charge in [-0.1, -0.05) is 19.9 Å². The number of aromatic nitrogens is 2. The molecule has 0 saturated carbocycles. The van der Waals surface area contributed by atoms with Gasteiger partial charge in [0.15, 0.2) is 0 Å². The third-order valence-corrected chi connectivity index (χ3v) is 3.27. The molecule has 1 heterocycles. The van der Waals surface area contributed by atoms with E-state index < -0.39 is 0 Å². The van der Waals surface area contributed by atoms with Gasteiger partial charge in [-0.05, 0) is 24.6 Å². The zero-order valence-electron chi connectivity index (χ0n) is 11.9. The molecule has 3 nitrogen and oxygen atoms in total. The summed E-state index contributed by atoms with van der Waals surface area (Å²) >= 11 is 0. The van der Waals surface area contributed by atoms with Crippen LogP contribution in [-0.2, 0) is 13.6 Å². The number of aryl methyl sites for hydroxylation is 1. The fourth-order valence-corrected chi connectivity index (χ4v) is 1.97. The quantitative estimate of drug-likeness (QED) is 0.916. The third kappa shape index (κ3) is 3.01. The van der Waals surface area contributed by atoms with Crippen molar-refractivity contribution < 1.29 is 4.39 Å². The van der Waals surface area contributed by atoms with E-state index in [1.165, 1.54) is 6.07 Å². The second-order valence-electron chi connectivity index (χ2n) is 5.12. The van der Waals surface area contributed by atoms with E-state index >= 15 is 0 Å². The minimum Gasteiger partial charge on any atom is -0.310 e. The first-order chi connectivity index (χ1) is 8.99. The lowest BCUT2D eigenvalue weighted by atomic mass is 10.0. The maximum absolute atomic E-state index is 14.0. The van der Waals surface area contributed by atoms with Crippen LogP contribution < -0.4 is 5.32 Å². The van der Waals surface area contributed by atoms with Gasteiger partial charge in [0, 0.05) is 36.5 Å². The maximum atomic E-state index is 14.0. The van der Waals surface area contributed by atoms with Gasteiger partial charge in [0.05, 0.1) is 6.20 Å². The van der Waals surface area contributed by atoms with E-state index in [9.17, 15) is 4.39 Å². The summed E-state index contributed by atoms with van der Waals surface area (Å²) in [5, 5.41) is 7.51. The largest absolute Gasteiger partial charge is 0.310 e. The van der Waals surface area contributed by atoms with Crippen LogP contribution in [0.1, 0.15) is 25.1 Å². The van der Waals surface area contributed by atoms with Gasteiger partial charge in [0.2, 0.25) is 0 Å². The van der Waals surface area contributed by atoms with E-state index in [4.69, 9.17) is 0 Å². The molecule has 1 N–H and O–H groups in total. The molecule has 1 aromatic carbocycles. The highest BCUT2D eigenvalue weighted by molar-refractivity contribution is 5.66. The number of hydrogen-bond donors (Lipinski definition) is 1. The molecule has 2 aromatic rings. The van der Waals surface area contributed by atoms with Crippen LogP contribution in [-0.4, -0.2) is 15.8 Å². The van der Waals surface area contributed by atoms with Crippen molar-refractivity contribution in [2.45, 2.75) is 33.4 Å². The highest BCUT2D eigenvalue weighted by Crippen LogP contribution is 2.26. The normalized spacial score (nSPS) is 11.3. The summed E-state index contributed by atoms with van der Waals surface area (Å²) in [6.45, 7) is 6.87. The molecule has 4 heteroatoms. The number of rotatable bonds is 4. The molecule has 0 amide bonds. The molecule has 1 aromatic heterocycles. The minimum atomic E-state index is -0.204. The Morgan fingerprint density at radius 1 is 1.32 bits per heavy atom. The molecule has 0 bridgehead atoms. The fraction of sp³-hybridized carbons (Fsp3) is 0.400. The molecular formula is C15H20FN3. The molecular weight excluding hydrogens is 241 g/mol. The number of nitrogens with one attached hydrogen (secondary N) is 1. The zero-order valence-corrected chi connectivity index (χ0v) is 11.9. The summed E-state index contributed by atoms with van der Waals surface area (Å²) in [5.41, 5.74) is 3.52. The second-order valence-corrected chi connectivity index (χ2v) is 5.12. The van der Waals surface area contributed by atoms with Crippen molar-refractivity contribution in [3.8, 4) is 11.1 Å². The first-order valence-electron chi connectivity index (χ1n) is 6.50. The molecule has 0 atom stereocenters. The second kappa shape index (κ2) is 5.53. The first kappa shape index (κ1) is 13.7. The number of benzene rings is 1. The highest BCUT2D eigenvalue weighted by atomic mass is 19.1. The molecule has 0 spiro atoms. The van der Waals surface area contributed by atoms with E-state index in [0.29, 0.717) is 11.6 Å². The van der Waals surface area contributed by atoms with Crippen LogP contribution in [0.4, 0.5) is 4.39 Å². The van der Waals surface area contributed by atoms with E-state index in [0.717, 1.165) is 23.4 Å². The van der Waals surface area contributed by atoms with Crippen LogP contribution in [0.25, 0.3) is 11.1 Å². The first-order valence-corrected chi connectivity index (χ1v) is 6.50. The molecule has 0 radical (unpaired) electrons. The zero-order chi connectivity index (χ0) is 14.0. The van der Waals surface area contributed by atoms with Crippen molar-refractivity contribution in [1.82, 2.24) is 15.1 Å². The molecule has 0 unspecified atom stereocenters. The summed E-state index contributed by atoms with van der Waals surface area (Å²) in [7, 11) is 1.86. The van der Waals surface area contributed by atoms with E-state index in [-0.39, 0.29) is 5.82 Å². The molecule has 0 saturated heterocycles. The predicted octanol–water partition coefficient (Wildman–Crippen LogP) is 3.03. The Balaban J connectivity index is 2.34. The summed E-state index contributed by atoms with van der Waals surface area (Å²) < 4.78 is 15.7. The molecule has 0 aliphatic carbocycles. The SMILES string of the molecule is Cc1c(-c2cc(CNC(C)C)ccc2F)cnn1C. The Hall–Kier alpha value is -1.68. The van der Waals surface area contributed by atoms with Gasteiger partial charge in [-0.2, -0.15) is 5.10 Å². The Kier molecular flexibility index (Phi) is 4.00. The molecule has 19 heavy (non-hydrogen) atoms. The third-order valence-electron chi connectivity index (χ3n) is 3.27. The molecule has 0 aliphatic rings. The fourth-order valence-electron chi connectivity index (χ4n) is 1.97. The lowest BCUT2D eigenvalue weighted by Crippen LogP contribution is -2.21. The Morgan fingerprint density at radius 3 is 2.63 bits per heavy atom. The summed E-state index contributed by atoms with van der Waals surface area (Å²) in [6, 6.07) is 5.65. The van der Waals surface area contributed by atoms with E-state index in [1.807, 2.05) is 26.1 Å². The highest BCUT2D eigenvalue weighted by Gasteiger charge is 2.12. The summed E-state index contributed by atoms with van der Waals surface area (Å²) in [6.07, 6.45) is 1.72. The van der Waals surface area contributed by atoms with Gasteiger partial charge in [-0.3, -0.25) is 4.68 Å². The Morgan fingerprint density at radius 2 is 2.05 bits per heavy atom. The van der Waals surface area contributed by atoms with Gasteiger partial charge in [0.1, 0.15) is 5.82 Å². The lowest BCUT2D eigenvalue weighted by Gasteiger charge is -2.10. The average Bonchev–Trinajstić information content (AvgIpc) is 2.69. The summed E-state index contributed by atoms with van der Waals surface area (Å²) in [5.74, 6) is -0.204. The molecule has 2 rings (SSSR count). The van der Waals surface area contributed by atoms with E-state index in [1.54, 1.807) is 10.9 Å². The molecule has 0 aliphatic heterocycles. The van der Waals surface area contributed by atoms with Crippen LogP contribution in [0.5, 0.6) is 0 Å². The maximum Gasteiger partial charge on any atom is 0.131 e. The number of hydrogen-bond acceptors (Lipinski definition) is 2. The van der Waals surface area contributed by atoms with Crippen molar-refractivity contribution in [3.63, 3.8) is 0 Å². The van der Waals surface area contributed by atoms with Gasteiger partial charge in [-0.15, -0.1) is 0 Å². The Labute approximate surface area is 113 Å². The smallest absolute Gasteiger partial charge is 0.131 e. The van der Waals surface area contributed by atoms with Crippen molar-refractivity contribution in [1.29, 1.82) is 0 Å². The standard InChI is InChI=1S/C15H20FN3/c1-10(2)17-8-12-5-6-15(16)13(7-12)14-9-18-19(4)11(14)3/h5-7,9-10,17H,8H2,1-4H3. The van der Waals surface area contributed by atoms with Gasteiger partial charge >= 0.3 is 0 Å². The van der Waals surface area contributed by atoms with Crippen molar-refractivity contribution in [2.24, 2.45) is 7.05 Å². The van der Waals surface area contributed by atoms with Gasteiger partial charge < -0.3 is 5.32 Å². The number of nitrogens with zero attached hydrogens (tertiary/aromatic N) is 2. The summed E-state index contributed by atoms with van der Waals surface area (Å²) in [4.78, 5) is 0. The topological polar surface area (TPSA) is 29.9 Å². The average molecular weight is 261 g/mol. The molecule has 102 valence electrons. The van der Waals surface area contributed by atoms with Crippen molar-refractivity contribution >= 4 is 0 Å². The van der Waals surface area contributed by atoms with Crippen molar-refractivity contribution in [2.75, 3.05) is 0 Å². The van der Waals surface area contributed by atoms with Crippen LogP contribution in [0.2, 0.25) is 0 Å². The minimum absolute atomic E-state index is 0.204. The van der Waals surface area contributed by atoms with Crippen molar-refractivity contribution in [3.05, 3.63) is 41.5 Å². The van der Waals surface area contributed by atoms with Gasteiger partial charge in [0.25, 0.3) is 0 Å². The van der Waals surface area contributed by atoms with Crippen LogP contribution in [0, 0.1) is 12.7 Å². The van der Waals surface area contributed by atoms with E-state index in [2.05, 4.69) is 24.3 Å². The van der Waals surface area contributed by atoms with Crippen LogP contribution in [0.15, 0.2) is 24.4 Å². The Bertz CT molecular complexity index is 573. The van der Waals surface area contributed by atoms with Crippen LogP contribution >= 0.6 is 0 Å². The van der Waals surface area contributed by atoms with Gasteiger partial charge in [-0.25, -0.2) is 4.39 Å². The monoisotopic (exact) mass is 261 g/mol. The lowest BCUT2D eigenvalue weighted by molar-refractivity contribution is 0.586. The van der Waals surface area contributed by atoms with Crippen LogP contribution in [0.3, 0.4) is 0 Å². The molecule has 0 fully saturated rings. The predicted molar refractivity (Wildman–Crippen MR) is 75.3 cm³/mol. The number of halogens is 1.